The highest BCUT2D eigenvalue weighted by Crippen LogP contribution is 2.07. The number of aromatic nitrogens is 1. The predicted octanol–water partition coefficient (Wildman–Crippen LogP) is 2.96. The van der Waals surface area contributed by atoms with E-state index in [4.69, 9.17) is 0 Å². The molecule has 0 aliphatic rings. The van der Waals surface area contributed by atoms with Gasteiger partial charge in [-0.05, 0) is 36.6 Å². The van der Waals surface area contributed by atoms with Crippen molar-refractivity contribution in [2.75, 3.05) is 5.32 Å². The van der Waals surface area contributed by atoms with Gasteiger partial charge in [0.25, 0.3) is 0 Å². The van der Waals surface area contributed by atoms with Gasteiger partial charge in [0.05, 0.1) is 0 Å². The molecule has 18 heavy (non-hydrogen) atoms. The Morgan fingerprint density at radius 3 is 2.72 bits per heavy atom. The largest absolute Gasteiger partial charge is 0.311 e. The third kappa shape index (κ3) is 3.70. The monoisotopic (exact) mass is 240 g/mol. The van der Waals surface area contributed by atoms with E-state index in [0.717, 1.165) is 12.0 Å². The molecular formula is C15H16N2O. The van der Waals surface area contributed by atoms with E-state index in [2.05, 4.69) is 10.3 Å². The van der Waals surface area contributed by atoms with Crippen LogP contribution >= 0.6 is 0 Å². The maximum absolute atomic E-state index is 11.7. The van der Waals surface area contributed by atoms with E-state index in [1.165, 1.54) is 5.56 Å². The van der Waals surface area contributed by atoms with Crippen LogP contribution in [0.2, 0.25) is 0 Å². The lowest BCUT2D eigenvalue weighted by Gasteiger charge is -2.05. The Bertz CT molecular complexity index is 523. The van der Waals surface area contributed by atoms with E-state index in [0.29, 0.717) is 12.2 Å². The Kier molecular flexibility index (Phi) is 4.07. The van der Waals surface area contributed by atoms with Crippen molar-refractivity contribution in [1.29, 1.82) is 0 Å². The van der Waals surface area contributed by atoms with E-state index in [9.17, 15) is 4.79 Å². The molecule has 92 valence electrons. The zero-order chi connectivity index (χ0) is 12.8. The number of benzene rings is 1. The Balaban J connectivity index is 1.86. The topological polar surface area (TPSA) is 42.0 Å². The minimum Gasteiger partial charge on any atom is -0.311 e. The molecule has 2 aromatic rings. The van der Waals surface area contributed by atoms with Crippen LogP contribution in [-0.4, -0.2) is 10.9 Å². The average Bonchev–Trinajstić information content (AvgIpc) is 2.38. The number of carbonyl (C=O) groups excluding carboxylic acids is 1. The van der Waals surface area contributed by atoms with Crippen LogP contribution in [0, 0.1) is 6.92 Å². The number of rotatable bonds is 4. The number of hydrogen-bond donors (Lipinski definition) is 1. The first-order chi connectivity index (χ1) is 8.74. The molecule has 0 unspecified atom stereocenters. The first-order valence-corrected chi connectivity index (χ1v) is 6.00. The molecule has 0 spiro atoms. The molecule has 1 aromatic carbocycles. The van der Waals surface area contributed by atoms with Gasteiger partial charge in [-0.15, -0.1) is 0 Å². The van der Waals surface area contributed by atoms with Crippen LogP contribution in [0.5, 0.6) is 0 Å². The average molecular weight is 240 g/mol. The van der Waals surface area contributed by atoms with E-state index in [1.54, 1.807) is 6.20 Å². The second kappa shape index (κ2) is 5.96. The van der Waals surface area contributed by atoms with Crippen molar-refractivity contribution in [3.8, 4) is 0 Å². The lowest BCUT2D eigenvalue weighted by molar-refractivity contribution is -0.116. The molecule has 1 heterocycles. The zero-order valence-corrected chi connectivity index (χ0v) is 10.4. The standard InChI is InChI=1S/C15H16N2O/c1-12-9-10-16-14(11-12)17-15(18)8-7-13-5-3-2-4-6-13/h2-6,9-11H,7-8H2,1H3,(H,16,17,18). The number of amides is 1. The maximum Gasteiger partial charge on any atom is 0.225 e. The normalized spacial score (nSPS) is 10.1. The highest BCUT2D eigenvalue weighted by Gasteiger charge is 2.03. The van der Waals surface area contributed by atoms with E-state index in [-0.39, 0.29) is 5.91 Å². The van der Waals surface area contributed by atoms with Crippen molar-refractivity contribution in [2.24, 2.45) is 0 Å². The van der Waals surface area contributed by atoms with Gasteiger partial charge in [0.1, 0.15) is 5.82 Å². The van der Waals surface area contributed by atoms with Crippen molar-refractivity contribution in [2.45, 2.75) is 19.8 Å². The van der Waals surface area contributed by atoms with Gasteiger partial charge < -0.3 is 5.32 Å². The molecule has 1 aromatic heterocycles. The Hall–Kier alpha value is -2.16. The third-order valence-corrected chi connectivity index (χ3v) is 2.67. The van der Waals surface area contributed by atoms with Gasteiger partial charge in [-0.1, -0.05) is 30.3 Å². The van der Waals surface area contributed by atoms with Gasteiger partial charge in [-0.3, -0.25) is 4.79 Å². The number of nitrogens with zero attached hydrogens (tertiary/aromatic N) is 1. The summed E-state index contributed by atoms with van der Waals surface area (Å²) >= 11 is 0. The molecule has 0 fully saturated rings. The fourth-order valence-corrected chi connectivity index (χ4v) is 1.71. The molecule has 0 atom stereocenters. The molecular weight excluding hydrogens is 224 g/mol. The molecule has 2 rings (SSSR count). The van der Waals surface area contributed by atoms with Gasteiger partial charge in [0, 0.05) is 12.6 Å². The second-order valence-corrected chi connectivity index (χ2v) is 4.25. The minimum absolute atomic E-state index is 0.00282. The molecule has 3 nitrogen and oxygen atoms in total. The fraction of sp³-hybridized carbons (Fsp3) is 0.200. The van der Waals surface area contributed by atoms with Gasteiger partial charge in [0.2, 0.25) is 5.91 Å². The highest BCUT2D eigenvalue weighted by atomic mass is 16.1. The number of aryl methyl sites for hydroxylation is 2. The summed E-state index contributed by atoms with van der Waals surface area (Å²) in [5.41, 5.74) is 2.26. The van der Waals surface area contributed by atoms with Crippen molar-refractivity contribution >= 4 is 11.7 Å². The summed E-state index contributed by atoms with van der Waals surface area (Å²) < 4.78 is 0. The lowest BCUT2D eigenvalue weighted by Crippen LogP contribution is -2.13. The van der Waals surface area contributed by atoms with Gasteiger partial charge >= 0.3 is 0 Å². The number of pyridine rings is 1. The summed E-state index contributed by atoms with van der Waals surface area (Å²) in [6, 6.07) is 13.8. The molecule has 0 radical (unpaired) electrons. The Morgan fingerprint density at radius 1 is 1.22 bits per heavy atom. The number of nitrogens with one attached hydrogen (secondary N) is 1. The number of anilines is 1. The van der Waals surface area contributed by atoms with E-state index < -0.39 is 0 Å². The second-order valence-electron chi connectivity index (χ2n) is 4.25. The molecule has 0 bridgehead atoms. The highest BCUT2D eigenvalue weighted by molar-refractivity contribution is 5.89. The van der Waals surface area contributed by atoms with E-state index >= 15 is 0 Å². The van der Waals surface area contributed by atoms with Crippen molar-refractivity contribution in [1.82, 2.24) is 4.98 Å². The molecule has 3 heteroatoms. The van der Waals surface area contributed by atoms with Crippen LogP contribution in [0.3, 0.4) is 0 Å². The molecule has 0 aliphatic heterocycles. The molecule has 0 saturated heterocycles. The molecule has 1 N–H and O–H groups in total. The maximum atomic E-state index is 11.7. The van der Waals surface area contributed by atoms with Crippen LogP contribution in [0.4, 0.5) is 5.82 Å². The van der Waals surface area contributed by atoms with Gasteiger partial charge in [-0.25, -0.2) is 4.98 Å². The molecule has 0 aliphatic carbocycles. The van der Waals surface area contributed by atoms with Crippen LogP contribution in [-0.2, 0) is 11.2 Å². The van der Waals surface area contributed by atoms with Gasteiger partial charge in [0.15, 0.2) is 0 Å². The Labute approximate surface area is 107 Å². The summed E-state index contributed by atoms with van der Waals surface area (Å²) in [5, 5.41) is 2.80. The lowest BCUT2D eigenvalue weighted by atomic mass is 10.1. The first-order valence-electron chi connectivity index (χ1n) is 6.00. The van der Waals surface area contributed by atoms with Crippen molar-refractivity contribution in [3.05, 3.63) is 59.8 Å². The third-order valence-electron chi connectivity index (χ3n) is 2.67. The Morgan fingerprint density at radius 2 is 2.00 bits per heavy atom. The molecule has 0 saturated carbocycles. The quantitative estimate of drug-likeness (QED) is 0.892. The summed E-state index contributed by atoms with van der Waals surface area (Å²) in [4.78, 5) is 15.8. The fourth-order valence-electron chi connectivity index (χ4n) is 1.71. The van der Waals surface area contributed by atoms with E-state index in [1.807, 2.05) is 49.4 Å². The van der Waals surface area contributed by atoms with Crippen LogP contribution in [0.1, 0.15) is 17.5 Å². The number of hydrogen-bond acceptors (Lipinski definition) is 2. The van der Waals surface area contributed by atoms with Crippen LogP contribution in [0.15, 0.2) is 48.7 Å². The van der Waals surface area contributed by atoms with Gasteiger partial charge in [-0.2, -0.15) is 0 Å². The summed E-state index contributed by atoms with van der Waals surface area (Å²) in [7, 11) is 0. The van der Waals surface area contributed by atoms with Crippen LogP contribution < -0.4 is 5.32 Å². The smallest absolute Gasteiger partial charge is 0.225 e. The number of carbonyl (C=O) groups is 1. The zero-order valence-electron chi connectivity index (χ0n) is 10.4. The SMILES string of the molecule is Cc1ccnc(NC(=O)CCc2ccccc2)c1. The molecule has 1 amide bonds. The first kappa shape index (κ1) is 12.3. The predicted molar refractivity (Wildman–Crippen MR) is 72.4 cm³/mol. The van der Waals surface area contributed by atoms with Crippen molar-refractivity contribution in [3.63, 3.8) is 0 Å². The summed E-state index contributed by atoms with van der Waals surface area (Å²) in [6.45, 7) is 1.97. The van der Waals surface area contributed by atoms with Crippen molar-refractivity contribution < 1.29 is 4.79 Å². The summed E-state index contributed by atoms with van der Waals surface area (Å²) in [6.07, 6.45) is 2.92. The minimum atomic E-state index is -0.00282. The van der Waals surface area contributed by atoms with Crippen LogP contribution in [0.25, 0.3) is 0 Å². The summed E-state index contributed by atoms with van der Waals surface area (Å²) in [5.74, 6) is 0.616.